The standard InChI is InChI=1S/C54H87O11P/c1-4-7-10-13-16-19-22-25-28-31-34-37-40-43-52(56)61-47-51(65-54(58)45-42-39-36-33-30-27-24-21-18-15-12-9-6-3)49-63-66(59,60)62-48-50(46-55)64-53(57)44-41-38-35-32-29-26-23-20-17-14-11-8-5-2/h8-9,11-12,17-22,26-27,29-30,35-36,38-39,50-51,55H,4-7,10,13-16,23-25,28,31-34,37,40-49H2,1-3H3,(H,59,60)/b11-8-,12-9-,20-17-,21-18-,22-19-,29-26-,30-27-,38-35-,39-36-. The van der Waals surface area contributed by atoms with Gasteiger partial charge in [-0.2, -0.15) is 0 Å². The van der Waals surface area contributed by atoms with Crippen LogP contribution in [0.25, 0.3) is 0 Å². The molecule has 12 heteroatoms. The Labute approximate surface area is 399 Å². The topological polar surface area (TPSA) is 155 Å². The minimum absolute atomic E-state index is 0.0343. The number of carbonyl (C=O) groups excluding carboxylic acids is 3. The lowest BCUT2D eigenvalue weighted by Crippen LogP contribution is -2.30. The lowest BCUT2D eigenvalue weighted by Gasteiger charge is -2.21. The van der Waals surface area contributed by atoms with Gasteiger partial charge in [0.15, 0.2) is 6.10 Å². The van der Waals surface area contributed by atoms with Crippen molar-refractivity contribution in [1.82, 2.24) is 0 Å². The Morgan fingerprint density at radius 1 is 0.439 bits per heavy atom. The molecule has 11 nitrogen and oxygen atoms in total. The minimum Gasteiger partial charge on any atom is -0.462 e. The van der Waals surface area contributed by atoms with Crippen LogP contribution in [-0.4, -0.2) is 66.5 Å². The van der Waals surface area contributed by atoms with Crippen LogP contribution in [0.2, 0.25) is 0 Å². The summed E-state index contributed by atoms with van der Waals surface area (Å²) in [6.45, 7) is 4.17. The summed E-state index contributed by atoms with van der Waals surface area (Å²) in [6, 6.07) is 0. The van der Waals surface area contributed by atoms with E-state index < -0.39 is 57.8 Å². The van der Waals surface area contributed by atoms with Crippen molar-refractivity contribution < 1.29 is 52.2 Å². The first kappa shape index (κ1) is 62.1. The molecule has 0 spiro atoms. The zero-order chi connectivity index (χ0) is 48.4. The number of aliphatic hydroxyl groups excluding tert-OH is 1. The van der Waals surface area contributed by atoms with Gasteiger partial charge < -0.3 is 24.2 Å². The molecule has 0 rings (SSSR count). The predicted molar refractivity (Wildman–Crippen MR) is 270 cm³/mol. The Morgan fingerprint density at radius 2 is 0.818 bits per heavy atom. The zero-order valence-electron chi connectivity index (χ0n) is 40.9. The van der Waals surface area contributed by atoms with Crippen molar-refractivity contribution >= 4 is 25.7 Å². The molecule has 0 fully saturated rings. The maximum atomic E-state index is 12.8. The number of hydrogen-bond acceptors (Lipinski definition) is 10. The Bertz CT molecular complexity index is 1520. The third-order valence-corrected chi connectivity index (χ3v) is 10.6. The molecular formula is C54H87O11P. The molecule has 374 valence electrons. The van der Waals surface area contributed by atoms with Crippen LogP contribution in [0.5, 0.6) is 0 Å². The molecule has 2 N–H and O–H groups in total. The highest BCUT2D eigenvalue weighted by atomic mass is 31.2. The van der Waals surface area contributed by atoms with Gasteiger partial charge >= 0.3 is 25.7 Å². The summed E-state index contributed by atoms with van der Waals surface area (Å²) in [5, 5.41) is 9.74. The quantitative estimate of drug-likeness (QED) is 0.0197. The van der Waals surface area contributed by atoms with Crippen molar-refractivity contribution in [3.05, 3.63) is 109 Å². The van der Waals surface area contributed by atoms with Gasteiger partial charge in [-0.15, -0.1) is 0 Å². The average molecular weight is 943 g/mol. The molecule has 0 heterocycles. The molecule has 0 aromatic heterocycles. The Balaban J connectivity index is 4.92. The van der Waals surface area contributed by atoms with Crippen molar-refractivity contribution in [2.75, 3.05) is 26.4 Å². The molecule has 0 aliphatic rings. The smallest absolute Gasteiger partial charge is 0.462 e. The van der Waals surface area contributed by atoms with E-state index in [1.807, 2.05) is 30.4 Å². The highest BCUT2D eigenvalue weighted by Gasteiger charge is 2.28. The van der Waals surface area contributed by atoms with Crippen LogP contribution in [0.3, 0.4) is 0 Å². The molecule has 3 atom stereocenters. The maximum Gasteiger partial charge on any atom is 0.472 e. The van der Waals surface area contributed by atoms with Gasteiger partial charge in [0.1, 0.15) is 12.7 Å². The Kier molecular flexibility index (Phi) is 44.8. The van der Waals surface area contributed by atoms with E-state index in [4.69, 9.17) is 23.3 Å². The number of unbranched alkanes of at least 4 members (excludes halogenated alkanes) is 9. The normalized spacial score (nSPS) is 14.4. The molecule has 66 heavy (non-hydrogen) atoms. The van der Waals surface area contributed by atoms with Crippen molar-refractivity contribution in [2.45, 2.75) is 187 Å². The van der Waals surface area contributed by atoms with Gasteiger partial charge in [-0.25, -0.2) is 4.57 Å². The number of carbonyl (C=O) groups is 3. The van der Waals surface area contributed by atoms with E-state index >= 15 is 0 Å². The second kappa shape index (κ2) is 47.6. The van der Waals surface area contributed by atoms with Gasteiger partial charge in [0.05, 0.1) is 19.8 Å². The van der Waals surface area contributed by atoms with Gasteiger partial charge in [0, 0.05) is 19.3 Å². The summed E-state index contributed by atoms with van der Waals surface area (Å²) in [5.74, 6) is -1.68. The van der Waals surface area contributed by atoms with Crippen LogP contribution in [0, 0.1) is 0 Å². The average Bonchev–Trinajstić information content (AvgIpc) is 3.30. The fourth-order valence-electron chi connectivity index (χ4n) is 5.96. The molecule has 0 radical (unpaired) electrons. The summed E-state index contributed by atoms with van der Waals surface area (Å²) in [6.07, 6.45) is 55.3. The largest absolute Gasteiger partial charge is 0.472 e. The lowest BCUT2D eigenvalue weighted by atomic mass is 10.1. The number of ether oxygens (including phenoxy) is 3. The van der Waals surface area contributed by atoms with E-state index in [1.165, 1.54) is 25.7 Å². The third kappa shape index (κ3) is 45.3. The first-order valence-corrected chi connectivity index (χ1v) is 26.3. The second-order valence-electron chi connectivity index (χ2n) is 15.9. The second-order valence-corrected chi connectivity index (χ2v) is 17.3. The van der Waals surface area contributed by atoms with Crippen molar-refractivity contribution in [2.24, 2.45) is 0 Å². The highest BCUT2D eigenvalue weighted by Crippen LogP contribution is 2.43. The van der Waals surface area contributed by atoms with Crippen molar-refractivity contribution in [1.29, 1.82) is 0 Å². The van der Waals surface area contributed by atoms with Crippen LogP contribution in [0.1, 0.15) is 175 Å². The molecule has 3 unspecified atom stereocenters. The molecule has 0 aliphatic heterocycles. The number of allylic oxidation sites excluding steroid dienone is 18. The van der Waals surface area contributed by atoms with Crippen LogP contribution in [0.15, 0.2) is 109 Å². The fraction of sp³-hybridized carbons (Fsp3) is 0.611. The summed E-state index contributed by atoms with van der Waals surface area (Å²) in [4.78, 5) is 48.1. The van der Waals surface area contributed by atoms with E-state index in [2.05, 4.69) is 99.8 Å². The van der Waals surface area contributed by atoms with E-state index in [1.54, 1.807) is 0 Å². The monoisotopic (exact) mass is 943 g/mol. The van der Waals surface area contributed by atoms with E-state index in [0.717, 1.165) is 89.9 Å². The Hall–Kier alpha value is -3.86. The summed E-state index contributed by atoms with van der Waals surface area (Å²) in [7, 11) is -4.78. The molecule has 0 saturated heterocycles. The van der Waals surface area contributed by atoms with E-state index in [-0.39, 0.29) is 25.9 Å². The van der Waals surface area contributed by atoms with Crippen LogP contribution in [-0.2, 0) is 42.2 Å². The van der Waals surface area contributed by atoms with Gasteiger partial charge in [0.2, 0.25) is 0 Å². The summed E-state index contributed by atoms with van der Waals surface area (Å²) >= 11 is 0. The molecule has 0 amide bonds. The first-order valence-electron chi connectivity index (χ1n) is 24.8. The van der Waals surface area contributed by atoms with Gasteiger partial charge in [-0.3, -0.25) is 23.4 Å². The zero-order valence-corrected chi connectivity index (χ0v) is 41.8. The van der Waals surface area contributed by atoms with Crippen LogP contribution >= 0.6 is 7.82 Å². The fourth-order valence-corrected chi connectivity index (χ4v) is 6.75. The number of hydrogen-bond donors (Lipinski definition) is 2. The number of phosphoric ester groups is 1. The lowest BCUT2D eigenvalue weighted by molar-refractivity contribution is -0.161. The molecule has 0 aliphatic carbocycles. The SMILES string of the molecule is CC/C=C\C/C=C\C/C=C\C/C=C\CCC(=O)OC(CO)COP(=O)(O)OCC(COC(=O)CCCCCCC/C=C\CCCCCC)OC(=O)CC/C=C\C/C=C\C/C=C\C/C=C\CC. The molecular weight excluding hydrogens is 856 g/mol. The predicted octanol–water partition coefficient (Wildman–Crippen LogP) is 13.9. The van der Waals surface area contributed by atoms with Gasteiger partial charge in [0.25, 0.3) is 0 Å². The molecule has 0 aromatic rings. The Morgan fingerprint density at radius 3 is 1.27 bits per heavy atom. The number of aliphatic hydroxyl groups is 1. The van der Waals surface area contributed by atoms with Gasteiger partial charge in [-0.1, -0.05) is 169 Å². The van der Waals surface area contributed by atoms with Crippen molar-refractivity contribution in [3.8, 4) is 0 Å². The molecule has 0 aromatic carbocycles. The van der Waals surface area contributed by atoms with Gasteiger partial charge in [-0.05, 0) is 96.3 Å². The summed E-state index contributed by atoms with van der Waals surface area (Å²) < 4.78 is 39.1. The third-order valence-electron chi connectivity index (χ3n) is 9.69. The number of esters is 3. The maximum absolute atomic E-state index is 12.8. The minimum atomic E-state index is -4.78. The molecule has 0 bridgehead atoms. The summed E-state index contributed by atoms with van der Waals surface area (Å²) in [5.41, 5.74) is 0. The van der Waals surface area contributed by atoms with Crippen molar-refractivity contribution in [3.63, 3.8) is 0 Å². The van der Waals surface area contributed by atoms with Crippen LogP contribution in [0.4, 0.5) is 0 Å². The highest BCUT2D eigenvalue weighted by molar-refractivity contribution is 7.47. The molecule has 0 saturated carbocycles. The number of phosphoric acid groups is 1. The number of rotatable bonds is 44. The van der Waals surface area contributed by atoms with E-state index in [0.29, 0.717) is 19.3 Å². The first-order chi connectivity index (χ1) is 32.2. The van der Waals surface area contributed by atoms with Crippen LogP contribution < -0.4 is 0 Å². The van der Waals surface area contributed by atoms with E-state index in [9.17, 15) is 28.9 Å².